The van der Waals surface area contributed by atoms with Crippen molar-refractivity contribution in [2.45, 2.75) is 12.8 Å². The summed E-state index contributed by atoms with van der Waals surface area (Å²) >= 11 is 0. The standard InChI is InChI=1S/C14H21N3O2/c15-12-4-1-2-5-13(12)19-11-3-6-14(18)17-9-7-16-8-10-17/h1-2,4-5,16H,3,6-11,15H2. The van der Waals surface area contributed by atoms with Crippen LogP contribution in [0, 0.1) is 0 Å². The molecule has 2 rings (SSSR count). The van der Waals surface area contributed by atoms with Crippen molar-refractivity contribution in [2.75, 3.05) is 38.5 Å². The average Bonchev–Trinajstić information content (AvgIpc) is 2.46. The highest BCUT2D eigenvalue weighted by Crippen LogP contribution is 2.19. The van der Waals surface area contributed by atoms with Crippen LogP contribution in [-0.4, -0.2) is 43.6 Å². The number of rotatable bonds is 5. The van der Waals surface area contributed by atoms with Gasteiger partial charge in [-0.05, 0) is 18.6 Å². The van der Waals surface area contributed by atoms with Gasteiger partial charge in [-0.1, -0.05) is 12.1 Å². The van der Waals surface area contributed by atoms with Gasteiger partial charge >= 0.3 is 0 Å². The number of amides is 1. The van der Waals surface area contributed by atoms with Crippen molar-refractivity contribution in [3.63, 3.8) is 0 Å². The smallest absolute Gasteiger partial charge is 0.222 e. The van der Waals surface area contributed by atoms with Gasteiger partial charge in [0.15, 0.2) is 0 Å². The largest absolute Gasteiger partial charge is 0.491 e. The average molecular weight is 263 g/mol. The lowest BCUT2D eigenvalue weighted by Gasteiger charge is -2.27. The number of para-hydroxylation sites is 2. The Balaban J connectivity index is 1.66. The minimum atomic E-state index is 0.214. The van der Waals surface area contributed by atoms with Crippen LogP contribution in [0.3, 0.4) is 0 Å². The molecule has 5 nitrogen and oxygen atoms in total. The van der Waals surface area contributed by atoms with E-state index in [1.807, 2.05) is 23.1 Å². The lowest BCUT2D eigenvalue weighted by atomic mass is 10.2. The first kappa shape index (κ1) is 13.7. The van der Waals surface area contributed by atoms with E-state index in [1.54, 1.807) is 6.07 Å². The molecule has 0 aromatic heterocycles. The van der Waals surface area contributed by atoms with Crippen LogP contribution in [-0.2, 0) is 4.79 Å². The molecule has 3 N–H and O–H groups in total. The summed E-state index contributed by atoms with van der Waals surface area (Å²) in [5.74, 6) is 0.906. The van der Waals surface area contributed by atoms with E-state index in [9.17, 15) is 4.79 Å². The van der Waals surface area contributed by atoms with Crippen molar-refractivity contribution >= 4 is 11.6 Å². The second-order valence-electron chi connectivity index (χ2n) is 4.62. The van der Waals surface area contributed by atoms with Crippen molar-refractivity contribution < 1.29 is 9.53 Å². The molecule has 0 spiro atoms. The third-order valence-electron chi connectivity index (χ3n) is 3.18. The minimum Gasteiger partial charge on any atom is -0.491 e. The molecular weight excluding hydrogens is 242 g/mol. The first-order chi connectivity index (χ1) is 9.27. The predicted molar refractivity (Wildman–Crippen MR) is 75.0 cm³/mol. The molecule has 1 heterocycles. The third-order valence-corrected chi connectivity index (χ3v) is 3.18. The molecule has 0 atom stereocenters. The van der Waals surface area contributed by atoms with Crippen molar-refractivity contribution in [1.82, 2.24) is 10.2 Å². The Bertz CT molecular complexity index is 417. The fourth-order valence-corrected chi connectivity index (χ4v) is 2.09. The zero-order valence-electron chi connectivity index (χ0n) is 11.1. The fraction of sp³-hybridized carbons (Fsp3) is 0.500. The first-order valence-electron chi connectivity index (χ1n) is 6.73. The monoisotopic (exact) mass is 263 g/mol. The summed E-state index contributed by atoms with van der Waals surface area (Å²) in [7, 11) is 0. The molecule has 0 bridgehead atoms. The van der Waals surface area contributed by atoms with E-state index in [0.717, 1.165) is 32.6 Å². The van der Waals surface area contributed by atoms with Crippen LogP contribution in [0.25, 0.3) is 0 Å². The third kappa shape index (κ3) is 4.13. The van der Waals surface area contributed by atoms with Gasteiger partial charge in [0.25, 0.3) is 0 Å². The van der Waals surface area contributed by atoms with Crippen LogP contribution in [0.15, 0.2) is 24.3 Å². The van der Waals surface area contributed by atoms with Crippen LogP contribution >= 0.6 is 0 Å². The zero-order chi connectivity index (χ0) is 13.5. The van der Waals surface area contributed by atoms with E-state index in [-0.39, 0.29) is 5.91 Å². The van der Waals surface area contributed by atoms with Crippen LogP contribution in [0.4, 0.5) is 5.69 Å². The van der Waals surface area contributed by atoms with E-state index in [0.29, 0.717) is 24.5 Å². The van der Waals surface area contributed by atoms with Crippen molar-refractivity contribution in [1.29, 1.82) is 0 Å². The molecular formula is C14H21N3O2. The number of nitrogens with zero attached hydrogens (tertiary/aromatic N) is 1. The summed E-state index contributed by atoms with van der Waals surface area (Å²) in [6.45, 7) is 3.92. The molecule has 0 unspecified atom stereocenters. The molecule has 104 valence electrons. The lowest BCUT2D eigenvalue weighted by molar-refractivity contribution is -0.131. The molecule has 1 fully saturated rings. The zero-order valence-corrected chi connectivity index (χ0v) is 11.1. The number of nitrogen functional groups attached to an aromatic ring is 1. The molecule has 1 aliphatic heterocycles. The Hall–Kier alpha value is -1.75. The number of hydrogen-bond acceptors (Lipinski definition) is 4. The van der Waals surface area contributed by atoms with Crippen molar-refractivity contribution in [3.8, 4) is 5.75 Å². The quantitative estimate of drug-likeness (QED) is 0.611. The van der Waals surface area contributed by atoms with Crippen LogP contribution in [0.5, 0.6) is 5.75 Å². The maximum Gasteiger partial charge on any atom is 0.222 e. The number of ether oxygens (including phenoxy) is 1. The number of carbonyl (C=O) groups excluding carboxylic acids is 1. The summed E-state index contributed by atoms with van der Waals surface area (Å²) < 4.78 is 5.57. The second-order valence-corrected chi connectivity index (χ2v) is 4.62. The van der Waals surface area contributed by atoms with Crippen LogP contribution in [0.1, 0.15) is 12.8 Å². The van der Waals surface area contributed by atoms with Gasteiger partial charge in [-0.25, -0.2) is 0 Å². The molecule has 1 amide bonds. The molecule has 19 heavy (non-hydrogen) atoms. The van der Waals surface area contributed by atoms with E-state index < -0.39 is 0 Å². The minimum absolute atomic E-state index is 0.214. The molecule has 1 aromatic rings. The molecule has 1 aliphatic rings. The van der Waals surface area contributed by atoms with E-state index in [4.69, 9.17) is 10.5 Å². The van der Waals surface area contributed by atoms with Gasteiger partial charge < -0.3 is 20.7 Å². The predicted octanol–water partition coefficient (Wildman–Crippen LogP) is 0.860. The van der Waals surface area contributed by atoms with E-state index in [1.165, 1.54) is 0 Å². The molecule has 0 radical (unpaired) electrons. The lowest BCUT2D eigenvalue weighted by Crippen LogP contribution is -2.46. The summed E-state index contributed by atoms with van der Waals surface area (Å²) in [6.07, 6.45) is 1.25. The van der Waals surface area contributed by atoms with E-state index >= 15 is 0 Å². The number of piperazine rings is 1. The topological polar surface area (TPSA) is 67.6 Å². The Morgan fingerprint density at radius 3 is 2.79 bits per heavy atom. The Kier molecular flexibility index (Phi) is 5.03. The van der Waals surface area contributed by atoms with Gasteiger partial charge in [-0.3, -0.25) is 4.79 Å². The van der Waals surface area contributed by atoms with Gasteiger partial charge in [-0.2, -0.15) is 0 Å². The highest BCUT2D eigenvalue weighted by Gasteiger charge is 2.15. The van der Waals surface area contributed by atoms with Gasteiger partial charge in [0.2, 0.25) is 5.91 Å². The highest BCUT2D eigenvalue weighted by molar-refractivity contribution is 5.76. The normalized spacial score (nSPS) is 15.3. The Morgan fingerprint density at radius 2 is 2.05 bits per heavy atom. The Labute approximate surface area is 113 Å². The fourth-order valence-electron chi connectivity index (χ4n) is 2.09. The first-order valence-corrected chi connectivity index (χ1v) is 6.73. The Morgan fingerprint density at radius 1 is 1.32 bits per heavy atom. The number of carbonyl (C=O) groups is 1. The van der Waals surface area contributed by atoms with Crippen LogP contribution < -0.4 is 15.8 Å². The summed E-state index contributed by atoms with van der Waals surface area (Å²) in [5, 5.41) is 3.23. The number of anilines is 1. The van der Waals surface area contributed by atoms with Crippen molar-refractivity contribution in [2.24, 2.45) is 0 Å². The number of hydrogen-bond donors (Lipinski definition) is 2. The summed E-state index contributed by atoms with van der Waals surface area (Å²) in [5.41, 5.74) is 6.41. The maximum absolute atomic E-state index is 11.9. The molecule has 5 heteroatoms. The molecule has 0 aliphatic carbocycles. The SMILES string of the molecule is Nc1ccccc1OCCCC(=O)N1CCNCC1. The summed E-state index contributed by atoms with van der Waals surface area (Å²) in [4.78, 5) is 13.8. The molecule has 1 saturated heterocycles. The van der Waals surface area contributed by atoms with Crippen LogP contribution in [0.2, 0.25) is 0 Å². The van der Waals surface area contributed by atoms with Gasteiger partial charge in [0, 0.05) is 32.6 Å². The summed E-state index contributed by atoms with van der Waals surface area (Å²) in [6, 6.07) is 7.41. The highest BCUT2D eigenvalue weighted by atomic mass is 16.5. The number of nitrogens with two attached hydrogens (primary N) is 1. The van der Waals surface area contributed by atoms with Gasteiger partial charge in [0.05, 0.1) is 12.3 Å². The van der Waals surface area contributed by atoms with Gasteiger partial charge in [-0.15, -0.1) is 0 Å². The number of nitrogens with one attached hydrogen (secondary N) is 1. The number of benzene rings is 1. The van der Waals surface area contributed by atoms with Gasteiger partial charge in [0.1, 0.15) is 5.75 Å². The van der Waals surface area contributed by atoms with Crippen molar-refractivity contribution in [3.05, 3.63) is 24.3 Å². The maximum atomic E-state index is 11.9. The molecule has 0 saturated carbocycles. The molecule has 1 aromatic carbocycles. The second kappa shape index (κ2) is 6.99. The van der Waals surface area contributed by atoms with E-state index in [2.05, 4.69) is 5.32 Å².